The molecule has 0 N–H and O–H groups in total. The number of carbonyl (C=O) groups excluding carboxylic acids is 1. The van der Waals surface area contributed by atoms with Crippen LogP contribution in [0.1, 0.15) is 23.7 Å². The number of benzene rings is 1. The minimum Gasteiger partial charge on any atom is -0.293 e. The van der Waals surface area contributed by atoms with Gasteiger partial charge < -0.3 is 0 Å². The Morgan fingerprint density at radius 2 is 1.94 bits per heavy atom. The van der Waals surface area contributed by atoms with Crippen LogP contribution in [-0.4, -0.2) is 25.7 Å². The fourth-order valence-electron chi connectivity index (χ4n) is 1.55. The van der Waals surface area contributed by atoms with E-state index in [2.05, 4.69) is 0 Å². The number of rotatable bonds is 4. The number of carbonyl (C=O) groups is 1. The zero-order chi connectivity index (χ0) is 13.2. The van der Waals surface area contributed by atoms with Crippen LogP contribution in [0.5, 0.6) is 0 Å². The summed E-state index contributed by atoms with van der Waals surface area (Å²) >= 11 is 11.6. The van der Waals surface area contributed by atoms with E-state index in [4.69, 9.17) is 23.2 Å². The summed E-state index contributed by atoms with van der Waals surface area (Å²) < 4.78 is 22.9. The quantitative estimate of drug-likeness (QED) is 0.802. The zero-order valence-electron chi connectivity index (χ0n) is 9.41. The Bertz CT molecular complexity index is 538. The molecule has 0 aliphatic rings. The summed E-state index contributed by atoms with van der Waals surface area (Å²) in [5.41, 5.74) is 0.188. The van der Waals surface area contributed by atoms with Crippen molar-refractivity contribution in [3.8, 4) is 0 Å². The van der Waals surface area contributed by atoms with Crippen LogP contribution in [0.15, 0.2) is 18.2 Å². The number of sulfone groups is 1. The van der Waals surface area contributed by atoms with Crippen LogP contribution in [0.4, 0.5) is 0 Å². The number of Topliss-reactive ketones (excluding diaryl/α,β-unsaturated/α-hetero) is 1. The second-order valence-electron chi connectivity index (χ2n) is 3.71. The van der Waals surface area contributed by atoms with E-state index in [9.17, 15) is 13.2 Å². The molecule has 0 amide bonds. The topological polar surface area (TPSA) is 51.2 Å². The predicted molar refractivity (Wildman–Crippen MR) is 69.7 cm³/mol. The number of halogens is 2. The van der Waals surface area contributed by atoms with Crippen LogP contribution in [-0.2, 0) is 9.84 Å². The largest absolute Gasteiger partial charge is 0.293 e. The van der Waals surface area contributed by atoms with Crippen LogP contribution in [0, 0.1) is 0 Å². The van der Waals surface area contributed by atoms with Gasteiger partial charge in [0.2, 0.25) is 0 Å². The molecule has 0 aliphatic heterocycles. The lowest BCUT2D eigenvalue weighted by Crippen LogP contribution is -2.29. The van der Waals surface area contributed by atoms with Gasteiger partial charge in [-0.25, -0.2) is 8.42 Å². The molecular formula is C11H12Cl2O3S. The summed E-state index contributed by atoms with van der Waals surface area (Å²) in [6.45, 7) is 1.65. The maximum absolute atomic E-state index is 12.0. The van der Waals surface area contributed by atoms with Crippen molar-refractivity contribution in [2.75, 3.05) is 6.26 Å². The first-order valence-corrected chi connectivity index (χ1v) is 7.66. The maximum atomic E-state index is 12.0. The molecule has 0 unspecified atom stereocenters. The van der Waals surface area contributed by atoms with Gasteiger partial charge in [-0.15, -0.1) is 0 Å². The lowest BCUT2D eigenvalue weighted by atomic mass is 10.1. The van der Waals surface area contributed by atoms with Gasteiger partial charge in [-0.2, -0.15) is 0 Å². The maximum Gasteiger partial charge on any atom is 0.182 e. The first kappa shape index (κ1) is 14.5. The Labute approximate surface area is 111 Å². The zero-order valence-corrected chi connectivity index (χ0v) is 11.7. The van der Waals surface area contributed by atoms with Crippen molar-refractivity contribution < 1.29 is 13.2 Å². The van der Waals surface area contributed by atoms with Gasteiger partial charge in [-0.3, -0.25) is 4.79 Å². The molecule has 0 radical (unpaired) electrons. The molecule has 0 heterocycles. The molecule has 1 rings (SSSR count). The molecule has 1 atom stereocenters. The highest BCUT2D eigenvalue weighted by atomic mass is 35.5. The van der Waals surface area contributed by atoms with E-state index in [-0.39, 0.29) is 17.0 Å². The third-order valence-electron chi connectivity index (χ3n) is 2.38. The molecule has 6 heteroatoms. The van der Waals surface area contributed by atoms with Crippen LogP contribution >= 0.6 is 23.2 Å². The van der Waals surface area contributed by atoms with Crippen molar-refractivity contribution in [2.24, 2.45) is 0 Å². The normalized spacial score (nSPS) is 13.4. The molecule has 1 aromatic rings. The molecule has 0 aliphatic carbocycles. The minimum absolute atomic E-state index is 0.171. The van der Waals surface area contributed by atoms with Gasteiger partial charge in [-0.1, -0.05) is 30.1 Å². The lowest BCUT2D eigenvalue weighted by Gasteiger charge is -2.12. The van der Waals surface area contributed by atoms with E-state index in [1.165, 1.54) is 18.2 Å². The lowest BCUT2D eigenvalue weighted by molar-refractivity contribution is 0.0985. The average molecular weight is 295 g/mol. The number of hydrogen-bond acceptors (Lipinski definition) is 3. The average Bonchev–Trinajstić information content (AvgIpc) is 2.15. The van der Waals surface area contributed by atoms with E-state index >= 15 is 0 Å². The molecule has 94 valence electrons. The van der Waals surface area contributed by atoms with Crippen molar-refractivity contribution >= 4 is 38.8 Å². The van der Waals surface area contributed by atoms with Gasteiger partial charge in [0.25, 0.3) is 0 Å². The van der Waals surface area contributed by atoms with Gasteiger partial charge in [0.05, 0.1) is 5.02 Å². The van der Waals surface area contributed by atoms with Crippen molar-refractivity contribution in [3.63, 3.8) is 0 Å². The van der Waals surface area contributed by atoms with Crippen LogP contribution in [0.2, 0.25) is 10.0 Å². The van der Waals surface area contributed by atoms with Crippen molar-refractivity contribution in [2.45, 2.75) is 18.6 Å². The molecular weight excluding hydrogens is 283 g/mol. The summed E-state index contributed by atoms with van der Waals surface area (Å²) in [7, 11) is -3.43. The summed E-state index contributed by atoms with van der Waals surface area (Å²) in [5, 5.41) is -0.482. The molecule has 3 nitrogen and oxygen atoms in total. The SMILES string of the molecule is CC[C@@H](C(=O)c1ccc(Cl)cc1Cl)S(C)(=O)=O. The summed E-state index contributed by atoms with van der Waals surface area (Å²) in [6.07, 6.45) is 1.26. The predicted octanol–water partition coefficient (Wildman–Crippen LogP) is 3.00. The minimum atomic E-state index is -3.43. The van der Waals surface area contributed by atoms with Crippen molar-refractivity contribution in [3.05, 3.63) is 33.8 Å². The summed E-state index contributed by atoms with van der Waals surface area (Å²) in [5.74, 6) is -0.489. The van der Waals surface area contributed by atoms with Crippen molar-refractivity contribution in [1.29, 1.82) is 0 Å². The Morgan fingerprint density at radius 3 is 2.35 bits per heavy atom. The van der Waals surface area contributed by atoms with Gasteiger partial charge in [0.15, 0.2) is 15.6 Å². The van der Waals surface area contributed by atoms with Crippen LogP contribution < -0.4 is 0 Å². The second kappa shape index (κ2) is 5.38. The molecule has 0 saturated carbocycles. The molecule has 0 bridgehead atoms. The van der Waals surface area contributed by atoms with E-state index < -0.39 is 20.9 Å². The monoisotopic (exact) mass is 294 g/mol. The fourth-order valence-corrected chi connectivity index (χ4v) is 3.17. The second-order valence-corrected chi connectivity index (χ2v) is 6.79. The smallest absolute Gasteiger partial charge is 0.182 e. The molecule has 0 saturated heterocycles. The van der Waals surface area contributed by atoms with E-state index in [0.717, 1.165) is 6.26 Å². The van der Waals surface area contributed by atoms with Gasteiger partial charge in [0, 0.05) is 16.8 Å². The standard InChI is InChI=1S/C11H12Cl2O3S/c1-3-10(17(2,15)16)11(14)8-5-4-7(12)6-9(8)13/h4-6,10H,3H2,1-2H3/t10-/m0/s1. The Kier molecular flexibility index (Phi) is 4.58. The Morgan fingerprint density at radius 1 is 1.35 bits per heavy atom. The summed E-state index contributed by atoms with van der Waals surface area (Å²) in [6, 6.07) is 4.38. The van der Waals surface area contributed by atoms with Gasteiger partial charge >= 0.3 is 0 Å². The highest BCUT2D eigenvalue weighted by Gasteiger charge is 2.29. The fraction of sp³-hybridized carbons (Fsp3) is 0.364. The van der Waals surface area contributed by atoms with Crippen LogP contribution in [0.3, 0.4) is 0 Å². The van der Waals surface area contributed by atoms with E-state index in [1.54, 1.807) is 6.92 Å². The van der Waals surface area contributed by atoms with Crippen molar-refractivity contribution in [1.82, 2.24) is 0 Å². The Balaban J connectivity index is 3.20. The first-order valence-electron chi connectivity index (χ1n) is 4.95. The van der Waals surface area contributed by atoms with Gasteiger partial charge in [0.1, 0.15) is 5.25 Å². The third kappa shape index (κ3) is 3.44. The van der Waals surface area contributed by atoms with E-state index in [1.807, 2.05) is 0 Å². The first-order chi connectivity index (χ1) is 7.77. The van der Waals surface area contributed by atoms with E-state index in [0.29, 0.717) is 5.02 Å². The number of ketones is 1. The molecule has 0 fully saturated rings. The van der Waals surface area contributed by atoms with Crippen LogP contribution in [0.25, 0.3) is 0 Å². The molecule has 0 aromatic heterocycles. The highest BCUT2D eigenvalue weighted by molar-refractivity contribution is 7.92. The molecule has 1 aromatic carbocycles. The highest BCUT2D eigenvalue weighted by Crippen LogP contribution is 2.24. The third-order valence-corrected chi connectivity index (χ3v) is 4.51. The van der Waals surface area contributed by atoms with Gasteiger partial charge in [-0.05, 0) is 24.6 Å². The number of hydrogen-bond donors (Lipinski definition) is 0. The summed E-state index contributed by atoms with van der Waals surface area (Å²) in [4.78, 5) is 12.0. The molecule has 17 heavy (non-hydrogen) atoms. The molecule has 0 spiro atoms. The Hall–Kier alpha value is -0.580.